The second kappa shape index (κ2) is 9.95. The number of imidazole rings is 1. The minimum atomic E-state index is -0.819. The smallest absolute Gasteiger partial charge is 0.240 e. The highest BCUT2D eigenvalue weighted by Crippen LogP contribution is 2.27. The number of fused-ring (bicyclic) bond motifs is 1. The van der Waals surface area contributed by atoms with Crippen molar-refractivity contribution in [2.75, 3.05) is 10.6 Å². The van der Waals surface area contributed by atoms with Gasteiger partial charge >= 0.3 is 0 Å². The number of nitrogens with zero attached hydrogens (tertiary/aromatic N) is 4. The fourth-order valence-corrected chi connectivity index (χ4v) is 2.64. The van der Waals surface area contributed by atoms with Gasteiger partial charge in [0.2, 0.25) is 17.8 Å². The van der Waals surface area contributed by atoms with Crippen LogP contribution in [0.4, 0.5) is 20.7 Å². The van der Waals surface area contributed by atoms with Crippen molar-refractivity contribution < 1.29 is 13.6 Å². The second-order valence-electron chi connectivity index (χ2n) is 6.66. The number of rotatable bonds is 6. The fraction of sp³-hybridized carbons (Fsp3) is 0.400. The van der Waals surface area contributed by atoms with Crippen molar-refractivity contribution in [3.63, 3.8) is 0 Å². The average Bonchev–Trinajstić information content (AvgIpc) is 2.98. The number of halogens is 2. The summed E-state index contributed by atoms with van der Waals surface area (Å²) in [5, 5.41) is 5.88. The third-order valence-electron chi connectivity index (χ3n) is 4.06. The van der Waals surface area contributed by atoms with Crippen molar-refractivity contribution in [2.24, 2.45) is 5.73 Å². The molecular formula is C20H27F2N7O. The van der Waals surface area contributed by atoms with Crippen LogP contribution in [-0.2, 0) is 4.79 Å². The van der Waals surface area contributed by atoms with E-state index in [0.717, 1.165) is 6.08 Å². The lowest BCUT2D eigenvalue weighted by molar-refractivity contribution is -0.120. The molecule has 0 radical (unpaired) electrons. The molecule has 4 N–H and O–H groups in total. The zero-order chi connectivity index (χ0) is 22.4. The third kappa shape index (κ3) is 5.19. The number of amides is 1. The van der Waals surface area contributed by atoms with Crippen LogP contribution in [-0.4, -0.2) is 31.5 Å². The zero-order valence-electron chi connectivity index (χ0n) is 17.7. The molecule has 0 fully saturated rings. The van der Waals surface area contributed by atoms with Crippen molar-refractivity contribution in [1.29, 1.82) is 0 Å². The number of nitrogens with two attached hydrogens (primary N) is 1. The quantitative estimate of drug-likeness (QED) is 0.649. The number of hydrogen-bond acceptors (Lipinski definition) is 6. The molecule has 2 heterocycles. The van der Waals surface area contributed by atoms with Crippen LogP contribution in [0.25, 0.3) is 11.2 Å². The SMILES string of the molecule is CC.CC(C)Nc1ncc2nc(NC3=CC=C(F)CC=C3F)n(C(C)C(N)=O)c2n1. The average molecular weight is 419 g/mol. The van der Waals surface area contributed by atoms with Crippen LogP contribution in [0.2, 0.25) is 0 Å². The summed E-state index contributed by atoms with van der Waals surface area (Å²) in [5.41, 5.74) is 6.23. The molecule has 8 nitrogen and oxygen atoms in total. The maximum Gasteiger partial charge on any atom is 0.240 e. The van der Waals surface area contributed by atoms with E-state index in [9.17, 15) is 13.6 Å². The van der Waals surface area contributed by atoms with Crippen molar-refractivity contribution in [1.82, 2.24) is 19.5 Å². The Kier molecular flexibility index (Phi) is 7.62. The molecule has 3 rings (SSSR count). The van der Waals surface area contributed by atoms with Crippen molar-refractivity contribution in [2.45, 2.75) is 53.1 Å². The Labute approximate surface area is 174 Å². The van der Waals surface area contributed by atoms with Crippen molar-refractivity contribution in [3.8, 4) is 0 Å². The first-order valence-electron chi connectivity index (χ1n) is 9.76. The Bertz CT molecular complexity index is 1010. The van der Waals surface area contributed by atoms with Crippen LogP contribution in [0.3, 0.4) is 0 Å². The lowest BCUT2D eigenvalue weighted by Crippen LogP contribution is -2.25. The number of primary amides is 1. The van der Waals surface area contributed by atoms with E-state index in [1.807, 2.05) is 27.7 Å². The summed E-state index contributed by atoms with van der Waals surface area (Å²) < 4.78 is 29.2. The van der Waals surface area contributed by atoms with Crippen LogP contribution in [0.1, 0.15) is 47.1 Å². The largest absolute Gasteiger partial charge is 0.368 e. The molecule has 0 saturated heterocycles. The van der Waals surface area contributed by atoms with E-state index in [0.29, 0.717) is 17.1 Å². The molecule has 0 saturated carbocycles. The second-order valence-corrected chi connectivity index (χ2v) is 6.66. The highest BCUT2D eigenvalue weighted by molar-refractivity contribution is 5.83. The molecule has 1 unspecified atom stereocenters. The van der Waals surface area contributed by atoms with Crippen molar-refractivity contribution in [3.05, 3.63) is 41.8 Å². The van der Waals surface area contributed by atoms with Crippen LogP contribution in [0.15, 0.2) is 41.8 Å². The minimum absolute atomic E-state index is 0.00867. The van der Waals surface area contributed by atoms with E-state index >= 15 is 0 Å². The Morgan fingerprint density at radius 1 is 1.20 bits per heavy atom. The summed E-state index contributed by atoms with van der Waals surface area (Å²) >= 11 is 0. The number of aromatic nitrogens is 4. The molecule has 2 aromatic heterocycles. The van der Waals surface area contributed by atoms with E-state index in [-0.39, 0.29) is 24.1 Å². The van der Waals surface area contributed by atoms with Gasteiger partial charge in [0.15, 0.2) is 5.65 Å². The number of nitrogens with one attached hydrogen (secondary N) is 2. The number of carbonyl (C=O) groups excluding carboxylic acids is 1. The van der Waals surface area contributed by atoms with E-state index in [1.54, 1.807) is 6.92 Å². The molecule has 162 valence electrons. The van der Waals surface area contributed by atoms with Gasteiger partial charge in [-0.25, -0.2) is 18.7 Å². The molecule has 0 aliphatic heterocycles. The molecule has 1 aliphatic carbocycles. The molecule has 1 atom stereocenters. The number of hydrogen-bond donors (Lipinski definition) is 3. The molecule has 0 aromatic carbocycles. The molecule has 1 aliphatic rings. The fourth-order valence-electron chi connectivity index (χ4n) is 2.64. The predicted molar refractivity (Wildman–Crippen MR) is 114 cm³/mol. The van der Waals surface area contributed by atoms with Gasteiger partial charge in [-0.3, -0.25) is 9.36 Å². The van der Waals surface area contributed by atoms with Crippen LogP contribution < -0.4 is 16.4 Å². The Hall–Kier alpha value is -3.30. The first-order chi connectivity index (χ1) is 14.3. The van der Waals surface area contributed by atoms with Gasteiger partial charge in [0.05, 0.1) is 11.9 Å². The Morgan fingerprint density at radius 3 is 2.53 bits per heavy atom. The van der Waals surface area contributed by atoms with Gasteiger partial charge in [-0.1, -0.05) is 13.8 Å². The Morgan fingerprint density at radius 2 is 1.90 bits per heavy atom. The van der Waals surface area contributed by atoms with E-state index in [1.165, 1.54) is 22.9 Å². The van der Waals surface area contributed by atoms with Gasteiger partial charge in [-0.15, -0.1) is 0 Å². The normalized spacial score (nSPS) is 14.7. The molecule has 2 aromatic rings. The van der Waals surface area contributed by atoms with E-state index < -0.39 is 23.6 Å². The standard InChI is InChI=1S/C18H21F2N7O.C2H6/c1-9(2)23-17-22-8-14-16(26-17)27(10(3)15(21)28)18(25-14)24-13-7-5-11(19)4-6-12(13)20;1-2/h5-10H,4H2,1-3H3,(H2,21,28)(H,24,25)(H,22,23,26);1-2H3. The first kappa shape index (κ1) is 23.0. The topological polar surface area (TPSA) is 111 Å². The van der Waals surface area contributed by atoms with Crippen LogP contribution in [0.5, 0.6) is 0 Å². The first-order valence-corrected chi connectivity index (χ1v) is 9.76. The number of allylic oxidation sites excluding steroid dienone is 5. The third-order valence-corrected chi connectivity index (χ3v) is 4.06. The van der Waals surface area contributed by atoms with Gasteiger partial charge < -0.3 is 16.4 Å². The molecule has 0 spiro atoms. The molecule has 30 heavy (non-hydrogen) atoms. The Balaban J connectivity index is 0.00000155. The summed E-state index contributed by atoms with van der Waals surface area (Å²) in [6.45, 7) is 9.45. The molecule has 1 amide bonds. The lowest BCUT2D eigenvalue weighted by atomic mass is 10.3. The summed E-state index contributed by atoms with van der Waals surface area (Å²) in [4.78, 5) is 24.8. The lowest BCUT2D eigenvalue weighted by Gasteiger charge is -2.16. The minimum Gasteiger partial charge on any atom is -0.368 e. The summed E-state index contributed by atoms with van der Waals surface area (Å²) in [6, 6.07) is -0.725. The maximum absolute atomic E-state index is 14.3. The summed E-state index contributed by atoms with van der Waals surface area (Å²) in [5.74, 6) is -1.22. The molecule has 10 heteroatoms. The van der Waals surface area contributed by atoms with E-state index in [4.69, 9.17) is 5.73 Å². The van der Waals surface area contributed by atoms with Crippen molar-refractivity contribution >= 4 is 29.0 Å². The summed E-state index contributed by atoms with van der Waals surface area (Å²) in [6.07, 6.45) is 4.91. The predicted octanol–water partition coefficient (Wildman–Crippen LogP) is 4.13. The zero-order valence-corrected chi connectivity index (χ0v) is 17.7. The molecular weight excluding hydrogens is 392 g/mol. The highest BCUT2D eigenvalue weighted by Gasteiger charge is 2.23. The van der Waals surface area contributed by atoms with Crippen LogP contribution in [0, 0.1) is 0 Å². The van der Waals surface area contributed by atoms with Gasteiger partial charge in [0, 0.05) is 12.5 Å². The number of carbonyl (C=O) groups is 1. The van der Waals surface area contributed by atoms with Gasteiger partial charge in [-0.2, -0.15) is 4.98 Å². The summed E-state index contributed by atoms with van der Waals surface area (Å²) in [7, 11) is 0. The monoisotopic (exact) mass is 419 g/mol. The van der Waals surface area contributed by atoms with Gasteiger partial charge in [-0.05, 0) is 39.0 Å². The van der Waals surface area contributed by atoms with Gasteiger partial charge in [0.25, 0.3) is 0 Å². The van der Waals surface area contributed by atoms with Crippen LogP contribution >= 0.6 is 0 Å². The number of anilines is 2. The van der Waals surface area contributed by atoms with Gasteiger partial charge in [0.1, 0.15) is 23.2 Å². The maximum atomic E-state index is 14.3. The van der Waals surface area contributed by atoms with E-state index in [2.05, 4.69) is 25.6 Å². The molecule has 0 bridgehead atoms. The highest BCUT2D eigenvalue weighted by atomic mass is 19.1.